The lowest BCUT2D eigenvalue weighted by Crippen LogP contribution is -2.29. The van der Waals surface area contributed by atoms with Crippen molar-refractivity contribution in [1.29, 1.82) is 0 Å². The van der Waals surface area contributed by atoms with Gasteiger partial charge in [-0.3, -0.25) is 4.79 Å². The topological polar surface area (TPSA) is 29.1 Å². The predicted octanol–water partition coefficient (Wildman–Crippen LogP) is 2.99. The van der Waals surface area contributed by atoms with Crippen LogP contribution in [-0.4, -0.2) is 12.5 Å². The van der Waals surface area contributed by atoms with Gasteiger partial charge in [-0.1, -0.05) is 25.5 Å². The summed E-state index contributed by atoms with van der Waals surface area (Å²) in [5.41, 5.74) is 0.138. The van der Waals surface area contributed by atoms with E-state index in [9.17, 15) is 9.18 Å². The van der Waals surface area contributed by atoms with Gasteiger partial charge in [-0.25, -0.2) is 4.39 Å². The number of halogens is 1. The molecule has 1 aromatic rings. The number of rotatable bonds is 3. The van der Waals surface area contributed by atoms with Crippen molar-refractivity contribution >= 4 is 5.91 Å². The van der Waals surface area contributed by atoms with Gasteiger partial charge in [0.05, 0.1) is 5.56 Å². The van der Waals surface area contributed by atoms with E-state index in [4.69, 9.17) is 0 Å². The summed E-state index contributed by atoms with van der Waals surface area (Å²) in [6, 6.07) is 6.09. The van der Waals surface area contributed by atoms with Crippen LogP contribution in [0.5, 0.6) is 0 Å². The van der Waals surface area contributed by atoms with Gasteiger partial charge in [0, 0.05) is 6.54 Å². The zero-order chi connectivity index (χ0) is 12.3. The molecule has 2 nitrogen and oxygen atoms in total. The van der Waals surface area contributed by atoms with Crippen LogP contribution in [0.3, 0.4) is 0 Å². The molecule has 0 saturated heterocycles. The van der Waals surface area contributed by atoms with Gasteiger partial charge in [0.25, 0.3) is 5.91 Å². The lowest BCUT2D eigenvalue weighted by Gasteiger charge is -2.11. The first-order chi connectivity index (χ1) is 8.16. The minimum absolute atomic E-state index is 0.138. The van der Waals surface area contributed by atoms with Crippen molar-refractivity contribution in [3.8, 4) is 0 Å². The minimum Gasteiger partial charge on any atom is -0.352 e. The van der Waals surface area contributed by atoms with E-state index in [1.54, 1.807) is 12.1 Å². The monoisotopic (exact) mass is 235 g/mol. The maximum absolute atomic E-state index is 13.3. The van der Waals surface area contributed by atoms with E-state index in [0.29, 0.717) is 12.5 Å². The normalized spacial score (nSPS) is 23.6. The van der Waals surface area contributed by atoms with E-state index in [0.717, 1.165) is 12.3 Å². The average Bonchev–Trinajstić information content (AvgIpc) is 2.73. The second-order valence-corrected chi connectivity index (χ2v) is 4.97. The molecule has 0 radical (unpaired) electrons. The number of hydrogen-bond acceptors (Lipinski definition) is 1. The van der Waals surface area contributed by atoms with Crippen molar-refractivity contribution in [1.82, 2.24) is 5.32 Å². The molecule has 2 atom stereocenters. The van der Waals surface area contributed by atoms with Crippen LogP contribution in [0.25, 0.3) is 0 Å². The molecule has 17 heavy (non-hydrogen) atoms. The Morgan fingerprint density at radius 1 is 1.41 bits per heavy atom. The third kappa shape index (κ3) is 3.05. The highest BCUT2D eigenvalue weighted by molar-refractivity contribution is 5.94. The Kier molecular flexibility index (Phi) is 3.77. The third-order valence-corrected chi connectivity index (χ3v) is 3.47. The van der Waals surface area contributed by atoms with E-state index in [1.165, 1.54) is 25.0 Å². The molecule has 0 spiro atoms. The van der Waals surface area contributed by atoms with Gasteiger partial charge in [0.15, 0.2) is 0 Å². The fourth-order valence-electron chi connectivity index (χ4n) is 2.49. The summed E-state index contributed by atoms with van der Waals surface area (Å²) in [5.74, 6) is 0.554. The van der Waals surface area contributed by atoms with E-state index >= 15 is 0 Å². The van der Waals surface area contributed by atoms with Crippen LogP contribution in [0.15, 0.2) is 24.3 Å². The fourth-order valence-corrected chi connectivity index (χ4v) is 2.49. The molecule has 2 unspecified atom stereocenters. The van der Waals surface area contributed by atoms with Crippen molar-refractivity contribution < 1.29 is 9.18 Å². The molecule has 1 aliphatic carbocycles. The van der Waals surface area contributed by atoms with E-state index in [2.05, 4.69) is 12.2 Å². The summed E-state index contributed by atoms with van der Waals surface area (Å²) in [6.45, 7) is 2.90. The summed E-state index contributed by atoms with van der Waals surface area (Å²) < 4.78 is 13.3. The quantitative estimate of drug-likeness (QED) is 0.857. The van der Waals surface area contributed by atoms with Crippen molar-refractivity contribution in [2.45, 2.75) is 26.2 Å². The zero-order valence-electron chi connectivity index (χ0n) is 10.1. The molecule has 3 heteroatoms. The van der Waals surface area contributed by atoms with Crippen molar-refractivity contribution in [2.75, 3.05) is 6.54 Å². The number of carbonyl (C=O) groups is 1. The van der Waals surface area contributed by atoms with E-state index < -0.39 is 5.82 Å². The van der Waals surface area contributed by atoms with Crippen molar-refractivity contribution in [2.24, 2.45) is 11.8 Å². The number of amides is 1. The Hall–Kier alpha value is -1.38. The molecule has 1 fully saturated rings. The minimum atomic E-state index is -0.454. The molecule has 1 amide bonds. The largest absolute Gasteiger partial charge is 0.352 e. The second-order valence-electron chi connectivity index (χ2n) is 4.97. The molecule has 2 rings (SSSR count). The standard InChI is InChI=1S/C14H18FNO/c1-10-6-7-11(8-10)9-16-14(17)12-4-2-3-5-13(12)15/h2-5,10-11H,6-9H2,1H3,(H,16,17). The molecule has 0 aromatic heterocycles. The lowest BCUT2D eigenvalue weighted by atomic mass is 10.1. The smallest absolute Gasteiger partial charge is 0.254 e. The number of nitrogens with one attached hydrogen (secondary N) is 1. The molecule has 1 aliphatic rings. The Balaban J connectivity index is 1.88. The van der Waals surface area contributed by atoms with Crippen LogP contribution < -0.4 is 5.32 Å². The maximum atomic E-state index is 13.3. The Morgan fingerprint density at radius 3 is 2.82 bits per heavy atom. The fraction of sp³-hybridized carbons (Fsp3) is 0.500. The van der Waals surface area contributed by atoms with Crippen LogP contribution in [0.2, 0.25) is 0 Å². The first kappa shape index (κ1) is 12.1. The predicted molar refractivity (Wildman–Crippen MR) is 65.2 cm³/mol. The highest BCUT2D eigenvalue weighted by atomic mass is 19.1. The molecular weight excluding hydrogens is 217 g/mol. The number of benzene rings is 1. The van der Waals surface area contributed by atoms with Gasteiger partial charge in [-0.15, -0.1) is 0 Å². The molecule has 1 N–H and O–H groups in total. The maximum Gasteiger partial charge on any atom is 0.254 e. The van der Waals surface area contributed by atoms with Crippen LogP contribution in [0.4, 0.5) is 4.39 Å². The van der Waals surface area contributed by atoms with E-state index in [1.807, 2.05) is 0 Å². The molecule has 92 valence electrons. The van der Waals surface area contributed by atoms with Crippen LogP contribution in [0, 0.1) is 17.7 Å². The third-order valence-electron chi connectivity index (χ3n) is 3.47. The van der Waals surface area contributed by atoms with Crippen molar-refractivity contribution in [3.63, 3.8) is 0 Å². The summed E-state index contributed by atoms with van der Waals surface area (Å²) in [6.07, 6.45) is 3.57. The van der Waals surface area contributed by atoms with E-state index in [-0.39, 0.29) is 11.5 Å². The van der Waals surface area contributed by atoms with Gasteiger partial charge in [-0.2, -0.15) is 0 Å². The van der Waals surface area contributed by atoms with Gasteiger partial charge >= 0.3 is 0 Å². The molecular formula is C14H18FNO. The molecule has 0 heterocycles. The summed E-state index contributed by atoms with van der Waals surface area (Å²) in [5, 5.41) is 2.82. The van der Waals surface area contributed by atoms with Crippen LogP contribution >= 0.6 is 0 Å². The first-order valence-corrected chi connectivity index (χ1v) is 6.19. The Labute approximate surface area is 101 Å². The molecule has 1 saturated carbocycles. The van der Waals surface area contributed by atoms with Crippen molar-refractivity contribution in [3.05, 3.63) is 35.6 Å². The van der Waals surface area contributed by atoms with Gasteiger partial charge < -0.3 is 5.32 Å². The van der Waals surface area contributed by atoms with Gasteiger partial charge in [0.1, 0.15) is 5.82 Å². The van der Waals surface area contributed by atoms with Crippen LogP contribution in [-0.2, 0) is 0 Å². The lowest BCUT2D eigenvalue weighted by molar-refractivity contribution is 0.0943. The molecule has 0 bridgehead atoms. The Bertz CT molecular complexity index is 405. The summed E-state index contributed by atoms with van der Waals surface area (Å²) in [7, 11) is 0. The second kappa shape index (κ2) is 5.30. The zero-order valence-corrected chi connectivity index (χ0v) is 10.1. The van der Waals surface area contributed by atoms with Crippen LogP contribution in [0.1, 0.15) is 36.5 Å². The first-order valence-electron chi connectivity index (χ1n) is 6.19. The highest BCUT2D eigenvalue weighted by Gasteiger charge is 2.22. The highest BCUT2D eigenvalue weighted by Crippen LogP contribution is 2.29. The van der Waals surface area contributed by atoms with Gasteiger partial charge in [0.2, 0.25) is 0 Å². The Morgan fingerprint density at radius 2 is 2.18 bits per heavy atom. The summed E-state index contributed by atoms with van der Waals surface area (Å²) in [4.78, 5) is 11.8. The summed E-state index contributed by atoms with van der Waals surface area (Å²) >= 11 is 0. The molecule has 1 aromatic carbocycles. The SMILES string of the molecule is CC1CCC(CNC(=O)c2ccccc2F)C1. The number of hydrogen-bond donors (Lipinski definition) is 1. The van der Waals surface area contributed by atoms with Gasteiger partial charge in [-0.05, 0) is 36.8 Å². The number of carbonyl (C=O) groups excluding carboxylic acids is 1. The molecule has 0 aliphatic heterocycles. The average molecular weight is 235 g/mol.